The molecule has 3 N–H and O–H groups in total. The van der Waals surface area contributed by atoms with Gasteiger partial charge < -0.3 is 15.7 Å². The summed E-state index contributed by atoms with van der Waals surface area (Å²) in [6.45, 7) is 5.29. The molecule has 1 heterocycles. The minimum atomic E-state index is -0.450. The molecule has 0 saturated carbocycles. The number of nitro benzene ring substituents is 1. The highest BCUT2D eigenvalue weighted by Gasteiger charge is 2.36. The van der Waals surface area contributed by atoms with E-state index in [-0.39, 0.29) is 35.7 Å². The Labute approximate surface area is 128 Å². The summed E-state index contributed by atoms with van der Waals surface area (Å²) in [6.07, 6.45) is 0.557. The molecule has 7 heteroatoms. The molecule has 0 bridgehead atoms. The van der Waals surface area contributed by atoms with E-state index in [0.29, 0.717) is 12.0 Å². The van der Waals surface area contributed by atoms with Crippen LogP contribution in [0.25, 0.3) is 0 Å². The Hall–Kier alpha value is -2.15. The number of amides is 1. The normalized spacial score (nSPS) is 20.7. The zero-order chi connectivity index (χ0) is 16.5. The molecule has 0 radical (unpaired) electrons. The fourth-order valence-electron chi connectivity index (χ4n) is 2.70. The van der Waals surface area contributed by atoms with Gasteiger partial charge in [0.1, 0.15) is 0 Å². The molecule has 0 aromatic heterocycles. The van der Waals surface area contributed by atoms with E-state index in [2.05, 4.69) is 10.6 Å². The summed E-state index contributed by atoms with van der Waals surface area (Å²) < 4.78 is 0. The van der Waals surface area contributed by atoms with E-state index < -0.39 is 4.92 Å². The minimum absolute atomic E-state index is 0.000225. The predicted octanol–water partition coefficient (Wildman–Crippen LogP) is 1.97. The fraction of sp³-hybridized carbons (Fsp3) is 0.533. The van der Waals surface area contributed by atoms with Crippen molar-refractivity contribution in [1.29, 1.82) is 0 Å². The maximum Gasteiger partial charge on any atom is 0.269 e. The molecule has 1 amide bonds. The molecule has 1 aliphatic heterocycles. The molecule has 2 unspecified atom stereocenters. The number of hydrogen-bond acceptors (Lipinski definition) is 5. The molecule has 7 nitrogen and oxygen atoms in total. The first kappa shape index (κ1) is 16.2. The van der Waals surface area contributed by atoms with E-state index in [1.807, 2.05) is 13.8 Å². The van der Waals surface area contributed by atoms with Crippen molar-refractivity contribution < 1.29 is 14.8 Å². The Bertz CT molecular complexity index is 600. The van der Waals surface area contributed by atoms with Crippen molar-refractivity contribution in [3.8, 4) is 0 Å². The lowest BCUT2D eigenvalue weighted by Crippen LogP contribution is -2.45. The molecule has 0 aliphatic carbocycles. The fourth-order valence-corrected chi connectivity index (χ4v) is 2.70. The van der Waals surface area contributed by atoms with Crippen molar-refractivity contribution in [2.45, 2.75) is 39.3 Å². The van der Waals surface area contributed by atoms with Gasteiger partial charge in [0.05, 0.1) is 17.6 Å². The van der Waals surface area contributed by atoms with Crippen molar-refractivity contribution in [2.24, 2.45) is 5.41 Å². The Kier molecular flexibility index (Phi) is 4.37. The van der Waals surface area contributed by atoms with Gasteiger partial charge in [0.2, 0.25) is 5.91 Å². The van der Waals surface area contributed by atoms with E-state index in [1.165, 1.54) is 19.1 Å². The highest BCUT2D eigenvalue weighted by molar-refractivity contribution is 5.74. The lowest BCUT2D eigenvalue weighted by atomic mass is 9.78. The van der Waals surface area contributed by atoms with E-state index in [0.717, 1.165) is 5.69 Å². The van der Waals surface area contributed by atoms with Gasteiger partial charge in [0, 0.05) is 41.8 Å². The Morgan fingerprint density at radius 2 is 2.23 bits per heavy atom. The van der Waals surface area contributed by atoms with Gasteiger partial charge in [0.15, 0.2) is 0 Å². The summed E-state index contributed by atoms with van der Waals surface area (Å²) in [5, 5.41) is 26.7. The van der Waals surface area contributed by atoms with Crippen LogP contribution in [0.15, 0.2) is 18.2 Å². The highest BCUT2D eigenvalue weighted by Crippen LogP contribution is 2.40. The van der Waals surface area contributed by atoms with Crippen molar-refractivity contribution in [2.75, 3.05) is 11.9 Å². The Morgan fingerprint density at radius 3 is 2.77 bits per heavy atom. The van der Waals surface area contributed by atoms with Crippen LogP contribution in [0.3, 0.4) is 0 Å². The number of nitrogens with one attached hydrogen (secondary N) is 2. The lowest BCUT2D eigenvalue weighted by molar-refractivity contribution is -0.384. The van der Waals surface area contributed by atoms with Crippen LogP contribution in [0.5, 0.6) is 0 Å². The SMILES string of the molecule is CC(=O)NC1CC(C(C)(C)CO)Nc2ccc([N+](=O)[O-])cc21. The van der Waals surface area contributed by atoms with Gasteiger partial charge in [-0.15, -0.1) is 0 Å². The van der Waals surface area contributed by atoms with Gasteiger partial charge in [-0.05, 0) is 12.5 Å². The van der Waals surface area contributed by atoms with Crippen molar-refractivity contribution in [3.05, 3.63) is 33.9 Å². The van der Waals surface area contributed by atoms with Gasteiger partial charge in [-0.3, -0.25) is 14.9 Å². The van der Waals surface area contributed by atoms with E-state index >= 15 is 0 Å². The van der Waals surface area contributed by atoms with Crippen LogP contribution in [0, 0.1) is 15.5 Å². The van der Waals surface area contributed by atoms with Crippen molar-refractivity contribution in [3.63, 3.8) is 0 Å². The standard InChI is InChI=1S/C15H21N3O4/c1-9(20)16-13-7-14(15(2,3)8-19)17-12-5-4-10(18(21)22)6-11(12)13/h4-6,13-14,17,19H,7-8H2,1-3H3,(H,16,20). The number of nitrogens with zero attached hydrogens (tertiary/aromatic N) is 1. The number of anilines is 1. The van der Waals surface area contributed by atoms with Crippen LogP contribution < -0.4 is 10.6 Å². The predicted molar refractivity (Wildman–Crippen MR) is 82.5 cm³/mol. The molecule has 0 spiro atoms. The summed E-state index contributed by atoms with van der Waals surface area (Å²) in [6, 6.07) is 4.21. The number of benzene rings is 1. The van der Waals surface area contributed by atoms with Gasteiger partial charge in [0.25, 0.3) is 5.69 Å². The van der Waals surface area contributed by atoms with Gasteiger partial charge in [-0.2, -0.15) is 0 Å². The van der Waals surface area contributed by atoms with Crippen LogP contribution in [0.2, 0.25) is 0 Å². The molecule has 2 rings (SSSR count). The second-order valence-corrected chi connectivity index (χ2v) is 6.36. The molecule has 1 aromatic carbocycles. The number of carbonyl (C=O) groups excluding carboxylic acids is 1. The van der Waals surface area contributed by atoms with Gasteiger partial charge in [-0.25, -0.2) is 0 Å². The Balaban J connectivity index is 2.42. The van der Waals surface area contributed by atoms with Crippen LogP contribution in [0.4, 0.5) is 11.4 Å². The number of hydrogen-bond donors (Lipinski definition) is 3. The number of carbonyl (C=O) groups is 1. The summed E-state index contributed by atoms with van der Waals surface area (Å²) >= 11 is 0. The quantitative estimate of drug-likeness (QED) is 0.583. The molecule has 1 aliphatic rings. The second kappa shape index (κ2) is 5.92. The molecule has 2 atom stereocenters. The maximum atomic E-state index is 11.5. The molecule has 0 saturated heterocycles. The highest BCUT2D eigenvalue weighted by atomic mass is 16.6. The van der Waals surface area contributed by atoms with E-state index in [9.17, 15) is 20.0 Å². The molecule has 1 aromatic rings. The third kappa shape index (κ3) is 3.19. The van der Waals surface area contributed by atoms with Crippen LogP contribution >= 0.6 is 0 Å². The van der Waals surface area contributed by atoms with Gasteiger partial charge >= 0.3 is 0 Å². The third-order valence-corrected chi connectivity index (χ3v) is 4.15. The first-order chi connectivity index (χ1) is 10.2. The third-order valence-electron chi connectivity index (χ3n) is 4.15. The molecule has 22 heavy (non-hydrogen) atoms. The largest absolute Gasteiger partial charge is 0.396 e. The molecule has 120 valence electrons. The van der Waals surface area contributed by atoms with Crippen molar-refractivity contribution in [1.82, 2.24) is 5.32 Å². The van der Waals surface area contributed by atoms with E-state index in [4.69, 9.17) is 0 Å². The first-order valence-corrected chi connectivity index (χ1v) is 7.17. The molecular formula is C15H21N3O4. The number of aliphatic hydroxyl groups excluding tert-OH is 1. The average molecular weight is 307 g/mol. The zero-order valence-electron chi connectivity index (χ0n) is 12.9. The van der Waals surface area contributed by atoms with Crippen LogP contribution in [-0.4, -0.2) is 28.6 Å². The smallest absolute Gasteiger partial charge is 0.269 e. The van der Waals surface area contributed by atoms with Crippen LogP contribution in [0.1, 0.15) is 38.8 Å². The monoisotopic (exact) mass is 307 g/mol. The minimum Gasteiger partial charge on any atom is -0.396 e. The van der Waals surface area contributed by atoms with Crippen molar-refractivity contribution >= 4 is 17.3 Å². The number of fused-ring (bicyclic) bond motifs is 1. The summed E-state index contributed by atoms with van der Waals surface area (Å²) in [7, 11) is 0. The maximum absolute atomic E-state index is 11.5. The summed E-state index contributed by atoms with van der Waals surface area (Å²) in [5.74, 6) is -0.190. The number of aliphatic hydroxyl groups is 1. The van der Waals surface area contributed by atoms with Gasteiger partial charge in [-0.1, -0.05) is 13.8 Å². The lowest BCUT2D eigenvalue weighted by Gasteiger charge is -2.41. The number of non-ortho nitro benzene ring substituents is 1. The Morgan fingerprint density at radius 1 is 1.55 bits per heavy atom. The topological polar surface area (TPSA) is 104 Å². The van der Waals surface area contributed by atoms with Crippen LogP contribution in [-0.2, 0) is 4.79 Å². The number of nitro groups is 1. The second-order valence-electron chi connectivity index (χ2n) is 6.36. The first-order valence-electron chi connectivity index (χ1n) is 7.17. The summed E-state index contributed by atoms with van der Waals surface area (Å²) in [5.41, 5.74) is 1.07. The average Bonchev–Trinajstić information content (AvgIpc) is 2.45. The summed E-state index contributed by atoms with van der Waals surface area (Å²) in [4.78, 5) is 22.0. The number of rotatable bonds is 4. The molecule has 0 fully saturated rings. The zero-order valence-corrected chi connectivity index (χ0v) is 12.9. The molecular weight excluding hydrogens is 286 g/mol. The van der Waals surface area contributed by atoms with E-state index in [1.54, 1.807) is 6.07 Å².